The number of nitrogens with one attached hydrogen (secondary N) is 2. The molecule has 0 unspecified atom stereocenters. The molecule has 0 spiro atoms. The lowest BCUT2D eigenvalue weighted by molar-refractivity contribution is -0.117. The maximum absolute atomic E-state index is 13.4. The molecule has 1 aliphatic carbocycles. The minimum atomic E-state index is -3.91. The first-order valence-electron chi connectivity index (χ1n) is 13.7. The second-order valence-electron chi connectivity index (χ2n) is 10.8. The number of pyridine rings is 1. The number of anilines is 3. The molecule has 1 aromatic carbocycles. The van der Waals surface area contributed by atoms with E-state index in [1.807, 2.05) is 19.9 Å². The molecule has 2 atom stereocenters. The van der Waals surface area contributed by atoms with Gasteiger partial charge in [0.05, 0.1) is 33.7 Å². The van der Waals surface area contributed by atoms with Crippen LogP contribution in [0.3, 0.4) is 0 Å². The third-order valence-corrected chi connectivity index (χ3v) is 10.7. The predicted molar refractivity (Wildman–Crippen MR) is 156 cm³/mol. The van der Waals surface area contributed by atoms with E-state index in [-0.39, 0.29) is 41.0 Å². The van der Waals surface area contributed by atoms with Crippen LogP contribution in [0.25, 0.3) is 10.4 Å². The van der Waals surface area contributed by atoms with Gasteiger partial charge in [0.25, 0.3) is 5.91 Å². The van der Waals surface area contributed by atoms with Gasteiger partial charge in [0, 0.05) is 19.0 Å². The van der Waals surface area contributed by atoms with E-state index in [1.54, 1.807) is 29.2 Å². The lowest BCUT2D eigenvalue weighted by Gasteiger charge is -2.24. The molecule has 2 fully saturated rings. The van der Waals surface area contributed by atoms with E-state index in [0.717, 1.165) is 17.7 Å². The Balaban J connectivity index is 1.33. The molecular weight excluding hydrogens is 564 g/mol. The largest absolute Gasteiger partial charge is 0.394 e. The molecule has 6 rings (SSSR count). The number of hydrogen-bond donors (Lipinski definition) is 3. The molecule has 0 bridgehead atoms. The monoisotopic (exact) mass is 596 g/mol. The van der Waals surface area contributed by atoms with Crippen LogP contribution in [-0.2, 0) is 21.4 Å². The minimum Gasteiger partial charge on any atom is -0.394 e. The lowest BCUT2D eigenvalue weighted by Crippen LogP contribution is -2.36. The smallest absolute Gasteiger partial charge is 0.256 e. The van der Waals surface area contributed by atoms with Gasteiger partial charge in [-0.1, -0.05) is 17.4 Å². The van der Waals surface area contributed by atoms with Gasteiger partial charge in [-0.25, -0.2) is 23.1 Å². The van der Waals surface area contributed by atoms with E-state index in [0.29, 0.717) is 58.9 Å². The summed E-state index contributed by atoms with van der Waals surface area (Å²) in [6.07, 6.45) is 3.11. The van der Waals surface area contributed by atoms with Crippen molar-refractivity contribution in [3.63, 3.8) is 0 Å². The van der Waals surface area contributed by atoms with Gasteiger partial charge in [0.2, 0.25) is 15.9 Å². The average Bonchev–Trinajstić information content (AvgIpc) is 3.54. The van der Waals surface area contributed by atoms with Crippen molar-refractivity contribution in [1.29, 1.82) is 0 Å². The molecule has 2 aliphatic heterocycles. The molecule has 3 aliphatic rings. The van der Waals surface area contributed by atoms with Gasteiger partial charge in [-0.3, -0.25) is 14.5 Å². The molecule has 1 saturated carbocycles. The molecule has 3 N–H and O–H groups in total. The van der Waals surface area contributed by atoms with Crippen molar-refractivity contribution in [2.75, 3.05) is 23.9 Å². The van der Waals surface area contributed by atoms with Gasteiger partial charge < -0.3 is 15.3 Å². The summed E-state index contributed by atoms with van der Waals surface area (Å²) in [5.74, 6) is 1.09. The molecule has 4 heterocycles. The standard InChI is InChI=1S/C28H32N6O5S2/c1-15-26(40-28(30-15)32-22-5-4-6-23(31-22)34-20(14-35)9-10-24(34)36)18-11-19-13-33(16(2)17-7-8-17)27(37)25(19)21(12-18)41(38,39)29-3/h4-6,11-12,16-17,20,29,35H,7-10,13-14H2,1-3H3,(H,30,31,32)/t16-,20+/m0/s1. The zero-order chi connectivity index (χ0) is 29.1. The second kappa shape index (κ2) is 10.5. The van der Waals surface area contributed by atoms with E-state index in [2.05, 4.69) is 20.0 Å². The summed E-state index contributed by atoms with van der Waals surface area (Å²) in [4.78, 5) is 39.2. The molecule has 11 nitrogen and oxygen atoms in total. The maximum atomic E-state index is 13.4. The van der Waals surface area contributed by atoms with Crippen molar-refractivity contribution < 1.29 is 23.1 Å². The zero-order valence-electron chi connectivity index (χ0n) is 23.0. The number of aliphatic hydroxyl groups excluding tert-OH is 1. The van der Waals surface area contributed by atoms with Gasteiger partial charge in [0.15, 0.2) is 5.13 Å². The van der Waals surface area contributed by atoms with Gasteiger partial charge in [-0.15, -0.1) is 0 Å². The summed E-state index contributed by atoms with van der Waals surface area (Å²) >= 11 is 1.35. The number of nitrogens with zero attached hydrogens (tertiary/aromatic N) is 4. The Morgan fingerprint density at radius 2 is 1.95 bits per heavy atom. The summed E-state index contributed by atoms with van der Waals surface area (Å²) in [5, 5.41) is 13.4. The average molecular weight is 597 g/mol. The number of fused-ring (bicyclic) bond motifs is 1. The predicted octanol–water partition coefficient (Wildman–Crippen LogP) is 3.41. The number of aliphatic hydroxyl groups is 1. The van der Waals surface area contributed by atoms with Gasteiger partial charge in [-0.2, -0.15) is 0 Å². The number of sulfonamides is 1. The Labute approximate surface area is 242 Å². The number of carbonyl (C=O) groups is 2. The number of thiazole rings is 1. The van der Waals surface area contributed by atoms with Gasteiger partial charge in [0.1, 0.15) is 11.6 Å². The van der Waals surface area contributed by atoms with Gasteiger partial charge >= 0.3 is 0 Å². The van der Waals surface area contributed by atoms with E-state index in [9.17, 15) is 23.1 Å². The van der Waals surface area contributed by atoms with Crippen molar-refractivity contribution in [3.8, 4) is 10.4 Å². The highest BCUT2D eigenvalue weighted by molar-refractivity contribution is 7.89. The van der Waals surface area contributed by atoms with E-state index < -0.39 is 10.0 Å². The highest BCUT2D eigenvalue weighted by atomic mass is 32.2. The van der Waals surface area contributed by atoms with Crippen LogP contribution in [0.1, 0.15) is 54.2 Å². The Morgan fingerprint density at radius 1 is 1.17 bits per heavy atom. The number of benzene rings is 1. The van der Waals surface area contributed by atoms with Crippen LogP contribution < -0.4 is 14.9 Å². The maximum Gasteiger partial charge on any atom is 0.256 e. The Hall–Kier alpha value is -3.39. The Kier molecular flexibility index (Phi) is 7.09. The number of aryl methyl sites for hydroxylation is 1. The summed E-state index contributed by atoms with van der Waals surface area (Å²) in [6.45, 7) is 4.12. The van der Waals surface area contributed by atoms with Gasteiger partial charge in [-0.05, 0) is 81.5 Å². The molecule has 1 saturated heterocycles. The highest BCUT2D eigenvalue weighted by Gasteiger charge is 2.41. The fourth-order valence-electron chi connectivity index (χ4n) is 5.74. The van der Waals surface area contributed by atoms with Crippen LogP contribution >= 0.6 is 11.3 Å². The van der Waals surface area contributed by atoms with Crippen LogP contribution in [0.15, 0.2) is 35.2 Å². The van der Waals surface area contributed by atoms with Crippen LogP contribution in [0.2, 0.25) is 0 Å². The van der Waals surface area contributed by atoms with E-state index in [1.165, 1.54) is 23.3 Å². The summed E-state index contributed by atoms with van der Waals surface area (Å²) < 4.78 is 28.6. The summed E-state index contributed by atoms with van der Waals surface area (Å²) in [7, 11) is -2.56. The minimum absolute atomic E-state index is 0.0200. The Bertz CT molecular complexity index is 1650. The molecule has 2 amide bonds. The van der Waals surface area contributed by atoms with E-state index in [4.69, 9.17) is 0 Å². The fraction of sp³-hybridized carbons (Fsp3) is 0.429. The highest BCUT2D eigenvalue weighted by Crippen LogP contribution is 2.42. The topological polar surface area (TPSA) is 145 Å². The molecule has 41 heavy (non-hydrogen) atoms. The second-order valence-corrected chi connectivity index (χ2v) is 13.7. The third kappa shape index (κ3) is 5.00. The SMILES string of the molecule is CNS(=O)(=O)c1cc(-c2sc(Nc3cccc(N4C(=O)CC[C@@H]4CO)n3)nc2C)cc2c1C(=O)N([C@@H](C)C1CC1)C2. The first kappa shape index (κ1) is 27.8. The normalized spacial score (nSPS) is 19.7. The number of carbonyl (C=O) groups excluding carboxylic acids is 2. The number of aromatic nitrogens is 2. The zero-order valence-corrected chi connectivity index (χ0v) is 24.7. The van der Waals surface area contributed by atoms with Crippen LogP contribution in [0, 0.1) is 12.8 Å². The molecule has 13 heteroatoms. The number of amides is 2. The molecule has 0 radical (unpaired) electrons. The van der Waals surface area contributed by atoms with Crippen molar-refractivity contribution >= 4 is 49.9 Å². The van der Waals surface area contributed by atoms with Crippen molar-refractivity contribution in [2.45, 2.75) is 63.1 Å². The van der Waals surface area contributed by atoms with Crippen molar-refractivity contribution in [1.82, 2.24) is 19.6 Å². The van der Waals surface area contributed by atoms with Crippen molar-refractivity contribution in [3.05, 3.63) is 47.2 Å². The molecule has 3 aromatic rings. The third-order valence-electron chi connectivity index (χ3n) is 8.16. The fourth-order valence-corrected chi connectivity index (χ4v) is 7.69. The van der Waals surface area contributed by atoms with Crippen LogP contribution in [0.4, 0.5) is 16.8 Å². The number of rotatable bonds is 9. The first-order valence-corrected chi connectivity index (χ1v) is 16.0. The number of hydrogen-bond acceptors (Lipinski definition) is 9. The lowest BCUT2D eigenvalue weighted by atomic mass is 10.0. The Morgan fingerprint density at radius 3 is 2.66 bits per heavy atom. The van der Waals surface area contributed by atoms with Crippen LogP contribution in [0.5, 0.6) is 0 Å². The molecular formula is C28H32N6O5S2. The summed E-state index contributed by atoms with van der Waals surface area (Å²) in [6, 6.07) is 8.51. The van der Waals surface area contributed by atoms with E-state index >= 15 is 0 Å². The summed E-state index contributed by atoms with van der Waals surface area (Å²) in [5.41, 5.74) is 2.31. The quantitative estimate of drug-likeness (QED) is 0.341. The van der Waals surface area contributed by atoms with Crippen molar-refractivity contribution in [2.24, 2.45) is 5.92 Å². The molecule has 2 aromatic heterocycles. The first-order chi connectivity index (χ1) is 19.6. The molecule has 216 valence electrons. The van der Waals surface area contributed by atoms with Crippen LogP contribution in [-0.4, -0.2) is 65.9 Å².